The molecule has 4 nitrogen and oxygen atoms in total. The van der Waals surface area contributed by atoms with Gasteiger partial charge in [0.25, 0.3) is 0 Å². The van der Waals surface area contributed by atoms with Gasteiger partial charge in [-0.05, 0) is 24.5 Å². The Bertz CT molecular complexity index is 523. The van der Waals surface area contributed by atoms with E-state index in [-0.39, 0.29) is 16.6 Å². The van der Waals surface area contributed by atoms with Gasteiger partial charge in [-0.3, -0.25) is 5.32 Å². The van der Waals surface area contributed by atoms with Crippen LogP contribution in [0.5, 0.6) is 5.75 Å². The molecule has 0 bridgehead atoms. The summed E-state index contributed by atoms with van der Waals surface area (Å²) in [5.41, 5.74) is -0.825. The number of methoxy groups -OCH3 is 1. The van der Waals surface area contributed by atoms with Crippen LogP contribution >= 0.6 is 11.8 Å². The zero-order valence-corrected chi connectivity index (χ0v) is 10.9. The third kappa shape index (κ3) is 4.06. The highest BCUT2D eigenvalue weighted by molar-refractivity contribution is 8.13. The van der Waals surface area contributed by atoms with Crippen LogP contribution in [-0.2, 0) is 6.18 Å². The smallest absolute Gasteiger partial charge is 0.420 e. The Morgan fingerprint density at radius 1 is 1.47 bits per heavy atom. The summed E-state index contributed by atoms with van der Waals surface area (Å²) in [6, 6.07) is 3.43. The number of benzene rings is 1. The first kappa shape index (κ1) is 15.2. The molecule has 0 aromatic heterocycles. The molecular formula is C11H10F3N3OS. The Balaban J connectivity index is 3.23. The standard InChI is InChI=1S/C11H10F3N3OS/c1-18-9-4-3-7(5-8(9)11(12,13)14)17-10(19-2)16-6-15/h3-5H,1-2H3,(H,16,17). The first-order valence-electron chi connectivity index (χ1n) is 4.95. The average molecular weight is 289 g/mol. The minimum atomic E-state index is -4.53. The molecule has 0 saturated heterocycles. The summed E-state index contributed by atoms with van der Waals surface area (Å²) in [4.78, 5) is 3.91. The number of alkyl halides is 3. The van der Waals surface area contributed by atoms with Crippen molar-refractivity contribution in [1.82, 2.24) is 5.32 Å². The van der Waals surface area contributed by atoms with Crippen molar-refractivity contribution in [3.8, 4) is 11.9 Å². The van der Waals surface area contributed by atoms with E-state index >= 15 is 0 Å². The third-order valence-electron chi connectivity index (χ3n) is 2.08. The number of nitrogens with zero attached hydrogens (tertiary/aromatic N) is 2. The van der Waals surface area contributed by atoms with Gasteiger partial charge in [0.1, 0.15) is 5.75 Å². The molecule has 19 heavy (non-hydrogen) atoms. The Labute approximate surface area is 112 Å². The van der Waals surface area contributed by atoms with Gasteiger partial charge in [-0.15, -0.1) is 0 Å². The van der Waals surface area contributed by atoms with E-state index in [1.165, 1.54) is 12.1 Å². The maximum atomic E-state index is 12.8. The van der Waals surface area contributed by atoms with Crippen molar-refractivity contribution < 1.29 is 17.9 Å². The van der Waals surface area contributed by atoms with Gasteiger partial charge in [0.2, 0.25) is 0 Å². The van der Waals surface area contributed by atoms with Gasteiger partial charge < -0.3 is 4.74 Å². The van der Waals surface area contributed by atoms with Crippen LogP contribution in [0.4, 0.5) is 18.9 Å². The summed E-state index contributed by atoms with van der Waals surface area (Å²) in [5.74, 6) is -0.273. The summed E-state index contributed by atoms with van der Waals surface area (Å²) < 4.78 is 43.0. The van der Waals surface area contributed by atoms with Crippen molar-refractivity contribution in [2.24, 2.45) is 4.99 Å². The lowest BCUT2D eigenvalue weighted by atomic mass is 10.1. The normalized spacial score (nSPS) is 11.9. The lowest BCUT2D eigenvalue weighted by Gasteiger charge is -2.12. The van der Waals surface area contributed by atoms with Gasteiger partial charge in [-0.1, -0.05) is 11.8 Å². The molecule has 0 aliphatic heterocycles. The zero-order chi connectivity index (χ0) is 14.5. The number of nitriles is 1. The number of rotatable bonds is 2. The fraction of sp³-hybridized carbons (Fsp3) is 0.273. The minimum absolute atomic E-state index is 0.0835. The summed E-state index contributed by atoms with van der Waals surface area (Å²) in [7, 11) is 1.16. The summed E-state index contributed by atoms with van der Waals surface area (Å²) in [5, 5.41) is 10.9. The number of nitrogens with one attached hydrogen (secondary N) is 1. The maximum absolute atomic E-state index is 12.8. The van der Waals surface area contributed by atoms with Crippen LogP contribution in [0, 0.1) is 11.5 Å². The molecule has 0 atom stereocenters. The van der Waals surface area contributed by atoms with Crippen LogP contribution in [0.3, 0.4) is 0 Å². The monoisotopic (exact) mass is 289 g/mol. The van der Waals surface area contributed by atoms with E-state index in [0.717, 1.165) is 24.9 Å². The highest BCUT2D eigenvalue weighted by Crippen LogP contribution is 2.38. The molecule has 0 aliphatic rings. The Morgan fingerprint density at radius 3 is 2.63 bits per heavy atom. The molecule has 0 unspecified atom stereocenters. The summed E-state index contributed by atoms with van der Waals surface area (Å²) in [6.07, 6.45) is -1.22. The van der Waals surface area contributed by atoms with Gasteiger partial charge in [0, 0.05) is 0 Å². The molecule has 0 amide bonds. The summed E-state index contributed by atoms with van der Waals surface area (Å²) >= 11 is 1.12. The van der Waals surface area contributed by atoms with E-state index in [9.17, 15) is 13.2 Å². The number of amidine groups is 1. The van der Waals surface area contributed by atoms with E-state index in [1.54, 1.807) is 12.4 Å². The third-order valence-corrected chi connectivity index (χ3v) is 2.66. The first-order valence-corrected chi connectivity index (χ1v) is 6.18. The molecule has 0 radical (unpaired) electrons. The molecule has 1 rings (SSSR count). The highest BCUT2D eigenvalue weighted by Gasteiger charge is 2.34. The number of ether oxygens (including phenoxy) is 1. The van der Waals surface area contributed by atoms with Crippen molar-refractivity contribution in [2.75, 3.05) is 13.4 Å². The zero-order valence-electron chi connectivity index (χ0n) is 10.1. The largest absolute Gasteiger partial charge is 0.496 e. The van der Waals surface area contributed by atoms with Crippen molar-refractivity contribution in [2.45, 2.75) is 6.18 Å². The second-order valence-electron chi connectivity index (χ2n) is 3.24. The molecule has 0 heterocycles. The fourth-order valence-electron chi connectivity index (χ4n) is 1.28. The van der Waals surface area contributed by atoms with Crippen molar-refractivity contribution >= 4 is 22.6 Å². The second kappa shape index (κ2) is 6.33. The van der Waals surface area contributed by atoms with Crippen LogP contribution in [0.15, 0.2) is 23.2 Å². The lowest BCUT2D eigenvalue weighted by molar-refractivity contribution is -0.138. The molecule has 1 aromatic rings. The van der Waals surface area contributed by atoms with Gasteiger partial charge in [0.15, 0.2) is 11.4 Å². The van der Waals surface area contributed by atoms with Crippen molar-refractivity contribution in [3.63, 3.8) is 0 Å². The number of thioether (sulfide) groups is 1. The molecule has 1 aromatic carbocycles. The molecule has 8 heteroatoms. The Kier molecular flexibility index (Phi) is 5.06. The number of hydrogen-bond acceptors (Lipinski definition) is 4. The van der Waals surface area contributed by atoms with E-state index in [4.69, 9.17) is 5.26 Å². The van der Waals surface area contributed by atoms with Gasteiger partial charge >= 0.3 is 6.18 Å². The van der Waals surface area contributed by atoms with Crippen LogP contribution in [0.2, 0.25) is 0 Å². The predicted octanol–water partition coefficient (Wildman–Crippen LogP) is 3.14. The topological polar surface area (TPSA) is 57.4 Å². The molecular weight excluding hydrogens is 279 g/mol. The van der Waals surface area contributed by atoms with Crippen LogP contribution in [0.25, 0.3) is 0 Å². The second-order valence-corrected chi connectivity index (χ2v) is 4.04. The fourth-order valence-corrected chi connectivity index (χ4v) is 1.62. The number of hydrogen-bond donors (Lipinski definition) is 1. The molecule has 0 saturated carbocycles. The maximum Gasteiger partial charge on any atom is 0.420 e. The van der Waals surface area contributed by atoms with Crippen molar-refractivity contribution in [1.29, 1.82) is 5.26 Å². The van der Waals surface area contributed by atoms with Gasteiger partial charge in [-0.2, -0.15) is 18.4 Å². The quantitative estimate of drug-likeness (QED) is 0.393. The minimum Gasteiger partial charge on any atom is -0.496 e. The lowest BCUT2D eigenvalue weighted by Crippen LogP contribution is -2.12. The van der Waals surface area contributed by atoms with E-state index in [0.29, 0.717) is 0 Å². The average Bonchev–Trinajstić information content (AvgIpc) is 2.37. The SMILES string of the molecule is COc1ccc(N=C(NC#N)SC)cc1C(F)(F)F. The van der Waals surface area contributed by atoms with Crippen LogP contribution in [0.1, 0.15) is 5.56 Å². The predicted molar refractivity (Wildman–Crippen MR) is 67.4 cm³/mol. The van der Waals surface area contributed by atoms with E-state index < -0.39 is 11.7 Å². The number of aliphatic imine (C=N–C) groups is 1. The Hall–Kier alpha value is -1.88. The summed E-state index contributed by atoms with van der Waals surface area (Å²) in [6.45, 7) is 0. The Morgan fingerprint density at radius 2 is 2.16 bits per heavy atom. The molecule has 102 valence electrons. The van der Waals surface area contributed by atoms with Crippen molar-refractivity contribution in [3.05, 3.63) is 23.8 Å². The molecule has 1 N–H and O–H groups in total. The van der Waals surface area contributed by atoms with Crippen LogP contribution in [-0.4, -0.2) is 18.5 Å². The molecule has 0 fully saturated rings. The van der Waals surface area contributed by atoms with Gasteiger partial charge in [0.05, 0.1) is 18.4 Å². The van der Waals surface area contributed by atoms with E-state index in [1.807, 2.05) is 0 Å². The first-order chi connectivity index (χ1) is 8.92. The van der Waals surface area contributed by atoms with Gasteiger partial charge in [-0.25, -0.2) is 4.99 Å². The highest BCUT2D eigenvalue weighted by atomic mass is 32.2. The molecule has 0 spiro atoms. The molecule has 0 aliphatic carbocycles. The van der Waals surface area contributed by atoms with Crippen LogP contribution < -0.4 is 10.1 Å². The van der Waals surface area contributed by atoms with E-state index in [2.05, 4.69) is 15.0 Å². The number of halogens is 3.